The zero-order chi connectivity index (χ0) is 14.0. The van der Waals surface area contributed by atoms with Crippen LogP contribution in [0.4, 0.5) is 4.39 Å². The molecule has 0 saturated heterocycles. The molecule has 0 bridgehead atoms. The van der Waals surface area contributed by atoms with Crippen LogP contribution in [0.5, 0.6) is 5.75 Å². The van der Waals surface area contributed by atoms with E-state index in [9.17, 15) is 4.39 Å². The first-order chi connectivity index (χ1) is 9.02. The molecule has 0 amide bonds. The van der Waals surface area contributed by atoms with Gasteiger partial charge < -0.3 is 4.74 Å². The van der Waals surface area contributed by atoms with E-state index in [-0.39, 0.29) is 5.75 Å². The number of halogens is 4. The zero-order valence-corrected chi connectivity index (χ0v) is 12.2. The van der Waals surface area contributed by atoms with Crippen LogP contribution < -0.4 is 4.74 Å². The molecule has 0 radical (unpaired) electrons. The van der Waals surface area contributed by atoms with Gasteiger partial charge in [-0.3, -0.25) is 0 Å². The van der Waals surface area contributed by atoms with Gasteiger partial charge in [0.15, 0.2) is 11.6 Å². The second-order valence-electron chi connectivity index (χ2n) is 3.93. The smallest absolute Gasteiger partial charge is 0.165 e. The summed E-state index contributed by atoms with van der Waals surface area (Å²) in [5, 5.41) is 0.365. The first-order valence-corrected chi connectivity index (χ1v) is 6.64. The van der Waals surface area contributed by atoms with Crippen molar-refractivity contribution in [1.82, 2.24) is 0 Å². The van der Waals surface area contributed by atoms with Crippen LogP contribution in [0.1, 0.15) is 16.5 Å². The summed E-state index contributed by atoms with van der Waals surface area (Å²) in [6, 6.07) is 9.69. The molecule has 2 aromatic rings. The molecular weight excluding hydrogens is 310 g/mol. The molecule has 0 aromatic heterocycles. The normalized spacial score (nSPS) is 12.3. The maximum Gasteiger partial charge on any atom is 0.165 e. The Bertz CT molecular complexity index is 601. The Labute approximate surface area is 125 Å². The molecule has 0 saturated carbocycles. The van der Waals surface area contributed by atoms with Gasteiger partial charge in [0.2, 0.25) is 0 Å². The van der Waals surface area contributed by atoms with Crippen molar-refractivity contribution in [2.45, 2.75) is 5.38 Å². The van der Waals surface area contributed by atoms with E-state index in [1.54, 1.807) is 24.3 Å². The Morgan fingerprint density at radius 2 is 1.63 bits per heavy atom. The summed E-state index contributed by atoms with van der Waals surface area (Å²) in [6.45, 7) is 0. The number of hydrogen-bond acceptors (Lipinski definition) is 1. The van der Waals surface area contributed by atoms with Gasteiger partial charge in [-0.05, 0) is 35.4 Å². The van der Waals surface area contributed by atoms with E-state index in [0.717, 1.165) is 5.56 Å². The lowest BCUT2D eigenvalue weighted by atomic mass is 10.0. The van der Waals surface area contributed by atoms with Crippen molar-refractivity contribution in [2.24, 2.45) is 0 Å². The van der Waals surface area contributed by atoms with Crippen LogP contribution in [0.15, 0.2) is 36.4 Å². The summed E-state index contributed by atoms with van der Waals surface area (Å²) in [5.41, 5.74) is 1.37. The number of rotatable bonds is 3. The van der Waals surface area contributed by atoms with Crippen molar-refractivity contribution >= 4 is 34.8 Å². The maximum atomic E-state index is 13.6. The average Bonchev–Trinajstić information content (AvgIpc) is 2.41. The van der Waals surface area contributed by atoms with Crippen LogP contribution in [0, 0.1) is 5.82 Å². The monoisotopic (exact) mass is 318 g/mol. The van der Waals surface area contributed by atoms with E-state index < -0.39 is 11.2 Å². The van der Waals surface area contributed by atoms with Gasteiger partial charge in [-0.2, -0.15) is 0 Å². The highest BCUT2D eigenvalue weighted by molar-refractivity contribution is 6.42. The molecule has 0 aliphatic heterocycles. The first-order valence-electron chi connectivity index (χ1n) is 5.45. The van der Waals surface area contributed by atoms with Crippen LogP contribution in [0.3, 0.4) is 0 Å². The van der Waals surface area contributed by atoms with E-state index >= 15 is 0 Å². The van der Waals surface area contributed by atoms with Crippen LogP contribution in [-0.4, -0.2) is 7.11 Å². The highest BCUT2D eigenvalue weighted by Crippen LogP contribution is 2.34. The summed E-state index contributed by atoms with van der Waals surface area (Å²) in [5.74, 6) is -0.271. The Balaban J connectivity index is 2.35. The molecule has 2 aromatic carbocycles. The number of ether oxygens (including phenoxy) is 1. The number of methoxy groups -OCH3 is 1. The Hall–Kier alpha value is -0.960. The lowest BCUT2D eigenvalue weighted by Crippen LogP contribution is -1.96. The first kappa shape index (κ1) is 14.4. The molecule has 100 valence electrons. The molecule has 0 aliphatic rings. The standard InChI is InChI=1S/C14H10Cl3FO/c1-19-13-5-3-9(7-12(13)18)14(17)8-2-4-10(15)11(16)6-8/h2-7,14H,1H3. The topological polar surface area (TPSA) is 9.23 Å². The van der Waals surface area contributed by atoms with Crippen molar-refractivity contribution in [1.29, 1.82) is 0 Å². The van der Waals surface area contributed by atoms with Gasteiger partial charge in [0, 0.05) is 0 Å². The van der Waals surface area contributed by atoms with Gasteiger partial charge >= 0.3 is 0 Å². The molecule has 2 rings (SSSR count). The largest absolute Gasteiger partial charge is 0.494 e. The predicted octanol–water partition coefficient (Wildman–Crippen LogP) is 5.47. The maximum absolute atomic E-state index is 13.6. The summed E-state index contributed by atoms with van der Waals surface area (Å²) in [7, 11) is 1.41. The Morgan fingerprint density at radius 3 is 2.21 bits per heavy atom. The van der Waals surface area contributed by atoms with Crippen LogP contribution >= 0.6 is 34.8 Å². The van der Waals surface area contributed by atoms with Crippen molar-refractivity contribution in [3.8, 4) is 5.75 Å². The molecule has 19 heavy (non-hydrogen) atoms. The minimum Gasteiger partial charge on any atom is -0.494 e. The van der Waals surface area contributed by atoms with Crippen LogP contribution in [0.25, 0.3) is 0 Å². The van der Waals surface area contributed by atoms with Gasteiger partial charge in [0.1, 0.15) is 0 Å². The van der Waals surface area contributed by atoms with Gasteiger partial charge in [-0.1, -0.05) is 35.3 Å². The molecule has 0 aliphatic carbocycles. The number of benzene rings is 2. The second kappa shape index (κ2) is 6.00. The van der Waals surface area contributed by atoms with E-state index in [4.69, 9.17) is 39.5 Å². The fourth-order valence-corrected chi connectivity index (χ4v) is 2.28. The third-order valence-corrected chi connectivity index (χ3v) is 3.95. The summed E-state index contributed by atoms with van der Waals surface area (Å²) < 4.78 is 18.5. The lowest BCUT2D eigenvalue weighted by molar-refractivity contribution is 0.386. The van der Waals surface area contributed by atoms with Gasteiger partial charge in [-0.15, -0.1) is 11.6 Å². The summed E-state index contributed by atoms with van der Waals surface area (Å²) in [6.07, 6.45) is 0. The summed E-state index contributed by atoms with van der Waals surface area (Å²) in [4.78, 5) is 0. The van der Waals surface area contributed by atoms with Crippen LogP contribution in [-0.2, 0) is 0 Å². The van der Waals surface area contributed by atoms with Crippen molar-refractivity contribution < 1.29 is 9.13 Å². The van der Waals surface area contributed by atoms with Gasteiger partial charge in [0.25, 0.3) is 0 Å². The van der Waals surface area contributed by atoms with Gasteiger partial charge in [-0.25, -0.2) is 4.39 Å². The molecule has 0 fully saturated rings. The van der Waals surface area contributed by atoms with E-state index in [0.29, 0.717) is 15.6 Å². The van der Waals surface area contributed by atoms with Crippen molar-refractivity contribution in [2.75, 3.05) is 7.11 Å². The minimum atomic E-state index is -0.504. The number of hydrogen-bond donors (Lipinski definition) is 0. The van der Waals surface area contributed by atoms with E-state index in [1.807, 2.05) is 0 Å². The van der Waals surface area contributed by atoms with Gasteiger partial charge in [0.05, 0.1) is 22.5 Å². The lowest BCUT2D eigenvalue weighted by Gasteiger charge is -2.12. The van der Waals surface area contributed by atoms with E-state index in [2.05, 4.69) is 0 Å². The molecule has 0 heterocycles. The average molecular weight is 320 g/mol. The van der Waals surface area contributed by atoms with Crippen molar-refractivity contribution in [3.63, 3.8) is 0 Å². The van der Waals surface area contributed by atoms with Crippen LogP contribution in [0.2, 0.25) is 10.0 Å². The molecule has 1 nitrogen and oxygen atoms in total. The van der Waals surface area contributed by atoms with E-state index in [1.165, 1.54) is 19.2 Å². The van der Waals surface area contributed by atoms with Crippen molar-refractivity contribution in [3.05, 3.63) is 63.4 Å². The molecule has 0 N–H and O–H groups in total. The number of alkyl halides is 1. The highest BCUT2D eigenvalue weighted by atomic mass is 35.5. The third-order valence-electron chi connectivity index (χ3n) is 2.70. The predicted molar refractivity (Wildman–Crippen MR) is 77.1 cm³/mol. The Morgan fingerprint density at radius 1 is 1.00 bits per heavy atom. The minimum absolute atomic E-state index is 0.182. The zero-order valence-electron chi connectivity index (χ0n) is 9.96. The molecule has 5 heteroatoms. The highest BCUT2D eigenvalue weighted by Gasteiger charge is 2.14. The molecule has 0 spiro atoms. The third kappa shape index (κ3) is 3.14. The second-order valence-corrected chi connectivity index (χ2v) is 5.18. The quantitative estimate of drug-likeness (QED) is 0.682. The fraction of sp³-hybridized carbons (Fsp3) is 0.143. The fourth-order valence-electron chi connectivity index (χ4n) is 1.70. The SMILES string of the molecule is COc1ccc(C(Cl)c2ccc(Cl)c(Cl)c2)cc1F. The Kier molecular flexibility index (Phi) is 4.56. The molecular formula is C14H10Cl3FO. The summed E-state index contributed by atoms with van der Waals surface area (Å²) >= 11 is 18.1. The molecule has 1 unspecified atom stereocenters. The molecule has 1 atom stereocenters.